The van der Waals surface area contributed by atoms with Crippen LogP contribution in [-0.2, 0) is 0 Å². The van der Waals surface area contributed by atoms with Gasteiger partial charge < -0.3 is 14.5 Å². The van der Waals surface area contributed by atoms with Crippen molar-refractivity contribution in [3.63, 3.8) is 0 Å². The zero-order chi connectivity index (χ0) is 17.4. The summed E-state index contributed by atoms with van der Waals surface area (Å²) in [5.41, 5.74) is 4.54. The largest absolute Gasteiger partial charge is 0.494 e. The van der Waals surface area contributed by atoms with E-state index in [0.717, 1.165) is 28.4 Å². The molecule has 0 aliphatic heterocycles. The number of hydrogen-bond acceptors (Lipinski definition) is 5. The number of aryl methyl sites for hydroxylation is 2. The fraction of sp³-hybridized carbons (Fsp3) is 0.167. The summed E-state index contributed by atoms with van der Waals surface area (Å²) >= 11 is 0. The molecule has 4 aromatic rings. The standard InChI is InChI=1S/C18H18N6O/c1-12-10-23-8-4-5-15(18(23)20-12)21-14-6-7-16(17(9-14)25-3)24-11-19-13(2)22-24/h4-11,21H,1-3H3. The van der Waals surface area contributed by atoms with E-state index in [-0.39, 0.29) is 0 Å². The van der Waals surface area contributed by atoms with Gasteiger partial charge in [0.25, 0.3) is 0 Å². The average Bonchev–Trinajstić information content (AvgIpc) is 3.20. The number of benzene rings is 1. The number of fused-ring (bicyclic) bond motifs is 1. The molecule has 1 aromatic carbocycles. The molecular weight excluding hydrogens is 316 g/mol. The third-order valence-electron chi connectivity index (χ3n) is 3.92. The summed E-state index contributed by atoms with van der Waals surface area (Å²) in [7, 11) is 1.64. The number of aromatic nitrogens is 5. The summed E-state index contributed by atoms with van der Waals surface area (Å²) in [5, 5.41) is 7.75. The molecule has 7 heteroatoms. The molecule has 7 nitrogen and oxygen atoms in total. The number of methoxy groups -OCH3 is 1. The summed E-state index contributed by atoms with van der Waals surface area (Å²) in [6.45, 7) is 3.83. The van der Waals surface area contributed by atoms with Crippen molar-refractivity contribution in [2.45, 2.75) is 13.8 Å². The molecule has 3 aromatic heterocycles. The van der Waals surface area contributed by atoms with Crippen LogP contribution >= 0.6 is 0 Å². The molecule has 0 saturated carbocycles. The van der Waals surface area contributed by atoms with Gasteiger partial charge in [-0.2, -0.15) is 5.10 Å². The molecule has 0 atom stereocenters. The van der Waals surface area contributed by atoms with Crippen molar-refractivity contribution in [3.05, 3.63) is 60.6 Å². The third kappa shape index (κ3) is 2.80. The maximum absolute atomic E-state index is 5.53. The Morgan fingerprint density at radius 3 is 2.80 bits per heavy atom. The SMILES string of the molecule is COc1cc(Nc2cccn3cc(C)nc23)ccc1-n1cnc(C)n1. The normalized spacial score (nSPS) is 11.0. The zero-order valence-corrected chi connectivity index (χ0v) is 14.3. The van der Waals surface area contributed by atoms with Gasteiger partial charge in [-0.1, -0.05) is 0 Å². The van der Waals surface area contributed by atoms with Gasteiger partial charge in [0.2, 0.25) is 0 Å². The summed E-state index contributed by atoms with van der Waals surface area (Å²) in [5.74, 6) is 1.42. The number of hydrogen-bond donors (Lipinski definition) is 1. The smallest absolute Gasteiger partial charge is 0.160 e. The Hall–Kier alpha value is -3.35. The predicted octanol–water partition coefficient (Wildman–Crippen LogP) is 3.28. The van der Waals surface area contributed by atoms with Gasteiger partial charge in [-0.15, -0.1) is 0 Å². The Balaban J connectivity index is 1.71. The van der Waals surface area contributed by atoms with E-state index >= 15 is 0 Å². The third-order valence-corrected chi connectivity index (χ3v) is 3.92. The maximum atomic E-state index is 5.53. The van der Waals surface area contributed by atoms with Crippen LogP contribution in [0.3, 0.4) is 0 Å². The Morgan fingerprint density at radius 1 is 1.16 bits per heavy atom. The molecule has 25 heavy (non-hydrogen) atoms. The van der Waals surface area contributed by atoms with Crippen LogP contribution in [0.2, 0.25) is 0 Å². The van der Waals surface area contributed by atoms with Crippen LogP contribution in [0.15, 0.2) is 49.1 Å². The highest BCUT2D eigenvalue weighted by atomic mass is 16.5. The number of nitrogens with one attached hydrogen (secondary N) is 1. The van der Waals surface area contributed by atoms with Crippen LogP contribution in [0.4, 0.5) is 11.4 Å². The number of imidazole rings is 1. The quantitative estimate of drug-likeness (QED) is 0.620. The van der Waals surface area contributed by atoms with E-state index in [1.165, 1.54) is 0 Å². The fourth-order valence-electron chi connectivity index (χ4n) is 2.80. The van der Waals surface area contributed by atoms with E-state index in [0.29, 0.717) is 11.6 Å². The molecule has 1 N–H and O–H groups in total. The van der Waals surface area contributed by atoms with Crippen LogP contribution in [-0.4, -0.2) is 31.3 Å². The Bertz CT molecular complexity index is 1050. The van der Waals surface area contributed by atoms with Crippen molar-refractivity contribution in [1.29, 1.82) is 0 Å². The fourth-order valence-corrected chi connectivity index (χ4v) is 2.80. The van der Waals surface area contributed by atoms with Crippen molar-refractivity contribution in [2.75, 3.05) is 12.4 Å². The lowest BCUT2D eigenvalue weighted by Crippen LogP contribution is -2.01. The van der Waals surface area contributed by atoms with Crippen molar-refractivity contribution in [1.82, 2.24) is 24.1 Å². The van der Waals surface area contributed by atoms with Crippen LogP contribution in [0, 0.1) is 13.8 Å². The van der Waals surface area contributed by atoms with Gasteiger partial charge in [0.05, 0.1) is 18.5 Å². The second-order valence-electron chi connectivity index (χ2n) is 5.78. The second kappa shape index (κ2) is 5.94. The lowest BCUT2D eigenvalue weighted by atomic mass is 10.2. The molecule has 0 spiro atoms. The van der Waals surface area contributed by atoms with Crippen LogP contribution in [0.5, 0.6) is 5.75 Å². The molecule has 0 unspecified atom stereocenters. The van der Waals surface area contributed by atoms with Crippen molar-refractivity contribution in [3.8, 4) is 11.4 Å². The molecule has 3 heterocycles. The summed E-state index contributed by atoms with van der Waals surface area (Å²) in [6, 6.07) is 9.86. The Labute approximate surface area is 144 Å². The summed E-state index contributed by atoms with van der Waals surface area (Å²) in [4.78, 5) is 8.73. The molecule has 0 bridgehead atoms. The molecule has 0 aliphatic carbocycles. The van der Waals surface area contributed by atoms with Gasteiger partial charge >= 0.3 is 0 Å². The van der Waals surface area contributed by atoms with Gasteiger partial charge in [0, 0.05) is 24.1 Å². The van der Waals surface area contributed by atoms with Gasteiger partial charge in [-0.3, -0.25) is 0 Å². The second-order valence-corrected chi connectivity index (χ2v) is 5.78. The lowest BCUT2D eigenvalue weighted by molar-refractivity contribution is 0.412. The first-order chi connectivity index (χ1) is 12.1. The molecule has 126 valence electrons. The van der Waals surface area contributed by atoms with Gasteiger partial charge in [0.1, 0.15) is 23.6 Å². The highest BCUT2D eigenvalue weighted by Crippen LogP contribution is 2.29. The Kier molecular flexibility index (Phi) is 3.61. The first-order valence-electron chi connectivity index (χ1n) is 7.92. The van der Waals surface area contributed by atoms with Gasteiger partial charge in [0.15, 0.2) is 5.65 Å². The molecule has 0 saturated heterocycles. The molecule has 0 amide bonds. The maximum Gasteiger partial charge on any atom is 0.160 e. The van der Waals surface area contributed by atoms with Gasteiger partial charge in [-0.05, 0) is 38.1 Å². The van der Waals surface area contributed by atoms with E-state index in [1.54, 1.807) is 18.1 Å². The van der Waals surface area contributed by atoms with Crippen molar-refractivity contribution >= 4 is 17.0 Å². The van der Waals surface area contributed by atoms with E-state index in [2.05, 4.69) is 20.4 Å². The van der Waals surface area contributed by atoms with E-state index < -0.39 is 0 Å². The minimum Gasteiger partial charge on any atom is -0.494 e. The number of rotatable bonds is 4. The highest BCUT2D eigenvalue weighted by Gasteiger charge is 2.10. The first-order valence-corrected chi connectivity index (χ1v) is 7.92. The minimum atomic E-state index is 0.710. The van der Waals surface area contributed by atoms with Crippen molar-refractivity contribution < 1.29 is 4.74 Å². The Morgan fingerprint density at radius 2 is 2.04 bits per heavy atom. The monoisotopic (exact) mass is 334 g/mol. The number of anilines is 2. The molecular formula is C18H18N6O. The minimum absolute atomic E-state index is 0.710. The summed E-state index contributed by atoms with van der Waals surface area (Å²) < 4.78 is 9.24. The zero-order valence-electron chi connectivity index (χ0n) is 14.3. The summed E-state index contributed by atoms with van der Waals surface area (Å²) in [6.07, 6.45) is 5.66. The topological polar surface area (TPSA) is 69.3 Å². The number of nitrogens with zero attached hydrogens (tertiary/aromatic N) is 5. The van der Waals surface area contributed by atoms with Crippen LogP contribution in [0.1, 0.15) is 11.5 Å². The molecule has 0 aliphatic rings. The lowest BCUT2D eigenvalue weighted by Gasteiger charge is -2.12. The van der Waals surface area contributed by atoms with Gasteiger partial charge in [-0.25, -0.2) is 14.6 Å². The predicted molar refractivity (Wildman–Crippen MR) is 95.9 cm³/mol. The van der Waals surface area contributed by atoms with Crippen LogP contribution in [0.25, 0.3) is 11.3 Å². The first kappa shape index (κ1) is 15.2. The van der Waals surface area contributed by atoms with E-state index in [4.69, 9.17) is 4.74 Å². The van der Waals surface area contributed by atoms with E-state index in [9.17, 15) is 0 Å². The van der Waals surface area contributed by atoms with Crippen molar-refractivity contribution in [2.24, 2.45) is 0 Å². The highest BCUT2D eigenvalue weighted by molar-refractivity contribution is 5.75. The van der Waals surface area contributed by atoms with E-state index in [1.807, 2.05) is 61.0 Å². The van der Waals surface area contributed by atoms with Crippen LogP contribution < -0.4 is 10.1 Å². The number of ether oxygens (including phenoxy) is 1. The molecule has 0 radical (unpaired) electrons. The number of pyridine rings is 1. The average molecular weight is 334 g/mol. The molecule has 4 rings (SSSR count). The molecule has 0 fully saturated rings.